The lowest BCUT2D eigenvalue weighted by atomic mass is 10.1. The zero-order chi connectivity index (χ0) is 29.1. The summed E-state index contributed by atoms with van der Waals surface area (Å²) >= 11 is 0. The van der Waals surface area contributed by atoms with E-state index in [1.165, 1.54) is 6.07 Å². The average Bonchev–Trinajstić information content (AvgIpc) is 2.96. The molecule has 0 aromatic heterocycles. The van der Waals surface area contributed by atoms with Crippen LogP contribution in [0.25, 0.3) is 0 Å². The van der Waals surface area contributed by atoms with Crippen LogP contribution in [0.5, 0.6) is 11.5 Å². The molecule has 0 saturated heterocycles. The van der Waals surface area contributed by atoms with E-state index >= 15 is 0 Å². The second-order valence-corrected chi connectivity index (χ2v) is 9.96. The van der Waals surface area contributed by atoms with Gasteiger partial charge in [0.05, 0.1) is 11.9 Å². The van der Waals surface area contributed by atoms with E-state index < -0.39 is 10.0 Å². The number of para-hydroxylation sites is 1. The van der Waals surface area contributed by atoms with Gasteiger partial charge in [0.25, 0.3) is 5.91 Å². The maximum Gasteiger partial charge on any atom is 0.251 e. The first-order chi connectivity index (χ1) is 18.8. The summed E-state index contributed by atoms with van der Waals surface area (Å²) in [5, 5.41) is 8.29. The Morgan fingerprint density at radius 3 is 2.13 bits per heavy atom. The summed E-state index contributed by atoms with van der Waals surface area (Å²) in [6.07, 6.45) is 11.3. The van der Waals surface area contributed by atoms with Gasteiger partial charge in [-0.15, -0.1) is 0 Å². The number of ether oxygens (including phenoxy) is 2. The first kappa shape index (κ1) is 33.7. The van der Waals surface area contributed by atoms with Gasteiger partial charge in [0.1, 0.15) is 17.3 Å². The quantitative estimate of drug-likeness (QED) is 0.291. The lowest BCUT2D eigenvalue weighted by Gasteiger charge is -2.28. The molecule has 39 heavy (non-hydrogen) atoms. The molecule has 0 saturated carbocycles. The number of allylic oxidation sites excluding steroid dienone is 2. The molecule has 0 unspecified atom stereocenters. The summed E-state index contributed by atoms with van der Waals surface area (Å²) in [6, 6.07) is 11.9. The molecular weight excluding hydrogens is 514 g/mol. The van der Waals surface area contributed by atoms with Crippen LogP contribution in [0, 0.1) is 0 Å². The molecule has 0 aliphatic carbocycles. The van der Waals surface area contributed by atoms with Crippen molar-refractivity contribution in [3.05, 3.63) is 72.5 Å². The molecule has 1 heterocycles. The molecule has 2 aromatic rings. The van der Waals surface area contributed by atoms with Gasteiger partial charge in [0, 0.05) is 28.1 Å². The van der Waals surface area contributed by atoms with Crippen LogP contribution in [0.3, 0.4) is 0 Å². The Morgan fingerprint density at radius 1 is 1.05 bits per heavy atom. The summed E-state index contributed by atoms with van der Waals surface area (Å²) in [5.74, 6) is 0.283. The first-order valence-corrected chi connectivity index (χ1v) is 15.3. The Balaban J connectivity index is 0. The lowest BCUT2D eigenvalue weighted by Crippen LogP contribution is -2.29. The molecule has 0 atom stereocenters. The Hall–Kier alpha value is -3.30. The third-order valence-electron chi connectivity index (χ3n) is 5.42. The second-order valence-electron chi connectivity index (χ2n) is 8.43. The summed E-state index contributed by atoms with van der Waals surface area (Å²) in [6.45, 7) is 12.6. The van der Waals surface area contributed by atoms with E-state index in [1.807, 2.05) is 38.1 Å². The van der Waals surface area contributed by atoms with Gasteiger partial charge in [-0.25, -0.2) is 13.6 Å². The van der Waals surface area contributed by atoms with Gasteiger partial charge in [-0.2, -0.15) is 0 Å². The van der Waals surface area contributed by atoms with E-state index in [9.17, 15) is 13.2 Å². The minimum absolute atomic E-state index is 0. The van der Waals surface area contributed by atoms with Crippen molar-refractivity contribution in [1.82, 2.24) is 5.32 Å². The number of benzene rings is 2. The number of hydrogen-bond donors (Lipinski definition) is 2. The summed E-state index contributed by atoms with van der Waals surface area (Å²) in [5.41, 5.74) is 0.790. The Kier molecular flexibility index (Phi) is 16.3. The van der Waals surface area contributed by atoms with Gasteiger partial charge in [-0.1, -0.05) is 64.8 Å². The molecule has 3 rings (SSSR count). The van der Waals surface area contributed by atoms with Crippen LogP contribution < -0.4 is 20.1 Å². The van der Waals surface area contributed by atoms with E-state index in [2.05, 4.69) is 24.1 Å². The van der Waals surface area contributed by atoms with Gasteiger partial charge in [0.2, 0.25) is 10.0 Å². The predicted octanol–water partition coefficient (Wildman–Crippen LogP) is 6.89. The maximum absolute atomic E-state index is 12.6. The smallest absolute Gasteiger partial charge is 0.251 e. The van der Waals surface area contributed by atoms with Crippen LogP contribution in [0.15, 0.2) is 71.9 Å². The number of nitrogens with one attached hydrogen (secondary N) is 1. The molecule has 220 valence electrons. The van der Waals surface area contributed by atoms with Crippen molar-refractivity contribution in [2.75, 3.05) is 31.1 Å². The molecule has 0 bridgehead atoms. The zero-order valence-corrected chi connectivity index (χ0v) is 24.8. The first-order valence-electron chi connectivity index (χ1n) is 13.7. The molecule has 0 radical (unpaired) electrons. The zero-order valence-electron chi connectivity index (χ0n) is 24.0. The van der Waals surface area contributed by atoms with Crippen LogP contribution in [0.4, 0.5) is 5.69 Å². The maximum atomic E-state index is 12.6. The van der Waals surface area contributed by atoms with E-state index in [0.717, 1.165) is 32.3 Å². The van der Waals surface area contributed by atoms with Gasteiger partial charge in [0.15, 0.2) is 5.75 Å². The Morgan fingerprint density at radius 2 is 1.69 bits per heavy atom. The van der Waals surface area contributed by atoms with E-state index in [0.29, 0.717) is 31.1 Å². The molecule has 2 aromatic carbocycles. The van der Waals surface area contributed by atoms with Crippen LogP contribution in [-0.4, -0.2) is 40.6 Å². The molecule has 1 aliphatic heterocycles. The van der Waals surface area contributed by atoms with Crippen molar-refractivity contribution in [1.29, 1.82) is 0 Å². The molecule has 9 heteroatoms. The fourth-order valence-corrected chi connectivity index (χ4v) is 4.23. The normalized spacial score (nSPS) is 11.7. The van der Waals surface area contributed by atoms with Crippen molar-refractivity contribution in [2.24, 2.45) is 5.14 Å². The third kappa shape index (κ3) is 12.0. The number of amides is 1. The highest BCUT2D eigenvalue weighted by molar-refractivity contribution is 7.89. The third-order valence-corrected chi connectivity index (χ3v) is 6.34. The number of hydrogen-bond acceptors (Lipinski definition) is 6. The van der Waals surface area contributed by atoms with Crippen molar-refractivity contribution in [2.45, 2.75) is 65.2 Å². The van der Waals surface area contributed by atoms with Crippen molar-refractivity contribution >= 4 is 21.6 Å². The molecule has 1 aliphatic rings. The highest BCUT2D eigenvalue weighted by Gasteiger charge is 2.26. The highest BCUT2D eigenvalue weighted by atomic mass is 32.2. The SMILES string of the molecule is C1=CCOC=C1.CC.CCCCN(CCCC)c1cc(C(=O)NCC)cc(S(N)(=O)=O)c1Oc1ccccc1.[HH].[HH]. The number of unbranched alkanes of at least 4 members (excludes halogenated alkanes) is 2. The molecule has 3 N–H and O–H groups in total. The van der Waals surface area contributed by atoms with Gasteiger partial charge in [-0.3, -0.25) is 4.79 Å². The van der Waals surface area contributed by atoms with Gasteiger partial charge >= 0.3 is 0 Å². The Labute approximate surface area is 237 Å². The number of primary sulfonamides is 1. The highest BCUT2D eigenvalue weighted by Crippen LogP contribution is 2.39. The van der Waals surface area contributed by atoms with E-state index in [4.69, 9.17) is 14.6 Å². The van der Waals surface area contributed by atoms with Crippen LogP contribution in [0.1, 0.15) is 73.5 Å². The Bertz CT molecular complexity index is 1140. The number of nitrogens with zero attached hydrogens (tertiary/aromatic N) is 1. The molecule has 0 spiro atoms. The predicted molar refractivity (Wildman–Crippen MR) is 164 cm³/mol. The largest absolute Gasteiger partial charge is 0.497 e. The number of carbonyl (C=O) groups excluding carboxylic acids is 1. The molecule has 0 fully saturated rings. The van der Waals surface area contributed by atoms with Crippen molar-refractivity contribution < 1.29 is 25.5 Å². The summed E-state index contributed by atoms with van der Waals surface area (Å²) < 4.78 is 35.9. The van der Waals surface area contributed by atoms with Crippen LogP contribution >= 0.6 is 0 Å². The fourth-order valence-electron chi connectivity index (χ4n) is 3.53. The van der Waals surface area contributed by atoms with Crippen LogP contribution in [-0.2, 0) is 14.8 Å². The van der Waals surface area contributed by atoms with Gasteiger partial charge < -0.3 is 19.7 Å². The lowest BCUT2D eigenvalue weighted by molar-refractivity contribution is 0.0955. The minimum atomic E-state index is -4.15. The monoisotopic (exact) mass is 563 g/mol. The number of anilines is 1. The standard InChI is InChI=1S/C23H33N3O4S.C5H6O.C2H6.2H2/c1-4-7-14-26(15-8-5-2)20-16-18(23(27)25-6-3)17-21(31(24,28)29)22(20)30-19-12-10-9-11-13-19;1-2-4-6-5-3-1;1-2;;/h9-13,16-17H,4-8,14-15H2,1-3H3,(H,25,27)(H2,24,28,29);1-4H,5H2;1-2H3;2*1H. The average molecular weight is 564 g/mol. The summed E-state index contributed by atoms with van der Waals surface area (Å²) in [7, 11) is -4.15. The topological polar surface area (TPSA) is 111 Å². The van der Waals surface area contributed by atoms with Crippen molar-refractivity contribution in [3.8, 4) is 11.5 Å². The fraction of sp³-hybridized carbons (Fsp3) is 0.433. The molecular formula is C30H49N3O5S. The minimum Gasteiger partial charge on any atom is -0.497 e. The molecule has 1 amide bonds. The number of sulfonamides is 1. The van der Waals surface area contributed by atoms with Gasteiger partial charge in [-0.05, 0) is 56.2 Å². The molecule has 8 nitrogen and oxygen atoms in total. The van der Waals surface area contributed by atoms with Crippen LogP contribution in [0.2, 0.25) is 0 Å². The van der Waals surface area contributed by atoms with E-state index in [-0.39, 0.29) is 25.0 Å². The second kappa shape index (κ2) is 18.9. The number of nitrogens with two attached hydrogens (primary N) is 1. The van der Waals surface area contributed by atoms with Crippen molar-refractivity contribution in [3.63, 3.8) is 0 Å². The summed E-state index contributed by atoms with van der Waals surface area (Å²) in [4.78, 5) is 14.5. The van der Waals surface area contributed by atoms with E-state index in [1.54, 1.807) is 43.5 Å². The number of rotatable bonds is 12. The number of carbonyl (C=O) groups is 1.